The topological polar surface area (TPSA) is 90.5 Å². The lowest BCUT2D eigenvalue weighted by Crippen LogP contribution is -2.16. The van der Waals surface area contributed by atoms with Gasteiger partial charge in [0.25, 0.3) is 0 Å². The van der Waals surface area contributed by atoms with Crippen molar-refractivity contribution >= 4 is 23.2 Å². The van der Waals surface area contributed by atoms with Gasteiger partial charge in [0, 0.05) is 24.4 Å². The first-order valence-corrected chi connectivity index (χ1v) is 5.40. The van der Waals surface area contributed by atoms with E-state index in [1.54, 1.807) is 12.1 Å². The Labute approximate surface area is 104 Å². The number of benzene rings is 1. The molecule has 0 saturated heterocycles. The summed E-state index contributed by atoms with van der Waals surface area (Å²) in [6.07, 6.45) is 1.46. The molecule has 1 aromatic rings. The molecule has 94 valence electrons. The molecule has 6 nitrogen and oxygen atoms in total. The van der Waals surface area contributed by atoms with Crippen molar-refractivity contribution in [3.05, 3.63) is 30.0 Å². The van der Waals surface area contributed by atoms with Gasteiger partial charge in [0.05, 0.1) is 12.2 Å². The molecule has 2 rings (SSSR count). The molecule has 1 aromatic carbocycles. The average molecular weight is 247 g/mol. The number of carbonyl (C=O) groups is 2. The number of aromatic hydroxyl groups is 1. The van der Waals surface area contributed by atoms with Crippen molar-refractivity contribution in [1.82, 2.24) is 5.32 Å². The zero-order valence-corrected chi connectivity index (χ0v) is 9.78. The van der Waals surface area contributed by atoms with E-state index in [4.69, 9.17) is 0 Å². The van der Waals surface area contributed by atoms with E-state index in [-0.39, 0.29) is 17.6 Å². The van der Waals surface area contributed by atoms with Crippen LogP contribution in [0.4, 0.5) is 11.4 Å². The molecular weight excluding hydrogens is 234 g/mol. The fourth-order valence-corrected chi connectivity index (χ4v) is 1.61. The monoisotopic (exact) mass is 247 g/mol. The van der Waals surface area contributed by atoms with Crippen LogP contribution in [0.3, 0.4) is 0 Å². The van der Waals surface area contributed by atoms with Crippen LogP contribution in [0.1, 0.15) is 6.92 Å². The largest absolute Gasteiger partial charge is 0.506 e. The summed E-state index contributed by atoms with van der Waals surface area (Å²) in [5.74, 6) is -0.414. The highest BCUT2D eigenvalue weighted by Crippen LogP contribution is 2.27. The summed E-state index contributed by atoms with van der Waals surface area (Å²) in [7, 11) is 0. The molecule has 0 saturated carbocycles. The number of hydrogen-bond acceptors (Lipinski definition) is 4. The second-order valence-corrected chi connectivity index (χ2v) is 3.93. The summed E-state index contributed by atoms with van der Waals surface area (Å²) in [5, 5.41) is 17.7. The Bertz CT molecular complexity index is 537. The number of amides is 2. The highest BCUT2D eigenvalue weighted by atomic mass is 16.3. The molecule has 1 heterocycles. The second kappa shape index (κ2) is 4.79. The minimum Gasteiger partial charge on any atom is -0.506 e. The van der Waals surface area contributed by atoms with Crippen molar-refractivity contribution in [1.29, 1.82) is 0 Å². The molecule has 6 heteroatoms. The maximum atomic E-state index is 11.0. The van der Waals surface area contributed by atoms with Gasteiger partial charge in [-0.05, 0) is 18.2 Å². The van der Waals surface area contributed by atoms with E-state index in [1.165, 1.54) is 19.1 Å². The van der Waals surface area contributed by atoms with Crippen molar-refractivity contribution in [2.75, 3.05) is 17.2 Å². The molecule has 0 aliphatic carbocycles. The fourth-order valence-electron chi connectivity index (χ4n) is 1.61. The molecule has 0 spiro atoms. The maximum Gasteiger partial charge on any atom is 0.246 e. The van der Waals surface area contributed by atoms with Crippen molar-refractivity contribution in [3.8, 4) is 5.75 Å². The molecule has 0 radical (unpaired) electrons. The van der Waals surface area contributed by atoms with Crippen LogP contribution < -0.4 is 16.0 Å². The Morgan fingerprint density at radius 2 is 2.22 bits per heavy atom. The number of carbonyl (C=O) groups excluding carboxylic acids is 2. The smallest absolute Gasteiger partial charge is 0.246 e. The first-order chi connectivity index (χ1) is 8.54. The number of nitrogens with one attached hydrogen (secondary N) is 3. The number of hydrogen-bond donors (Lipinski definition) is 4. The van der Waals surface area contributed by atoms with E-state index in [9.17, 15) is 14.7 Å². The minimum absolute atomic E-state index is 0.00893. The minimum atomic E-state index is -0.264. The number of anilines is 2. The number of phenols is 1. The molecule has 1 aliphatic heterocycles. The molecule has 0 bridgehead atoms. The lowest BCUT2D eigenvalue weighted by Gasteiger charge is -2.10. The number of phenolic OH excluding ortho intramolecular Hbond substituents is 1. The Morgan fingerprint density at radius 1 is 1.44 bits per heavy atom. The van der Waals surface area contributed by atoms with Crippen LogP contribution in [0.15, 0.2) is 30.0 Å². The lowest BCUT2D eigenvalue weighted by atomic mass is 10.2. The van der Waals surface area contributed by atoms with Gasteiger partial charge in [-0.15, -0.1) is 0 Å². The molecule has 4 N–H and O–H groups in total. The van der Waals surface area contributed by atoms with Crippen LogP contribution in [0.25, 0.3) is 0 Å². The van der Waals surface area contributed by atoms with Gasteiger partial charge in [-0.2, -0.15) is 0 Å². The average Bonchev–Trinajstić information content (AvgIpc) is 2.68. The standard InChI is InChI=1S/C12H13N3O3/c1-7(16)14-10-4-8(2-3-11(10)17)15-9-5-12(18)13-6-9/h2-5,15,17H,6H2,1H3,(H,13,18)(H,14,16). The third kappa shape index (κ3) is 2.79. The SMILES string of the molecule is CC(=O)Nc1cc(NC2=CC(=O)NC2)ccc1O. The molecule has 0 aromatic heterocycles. The van der Waals surface area contributed by atoms with Gasteiger partial charge in [0.2, 0.25) is 11.8 Å². The molecule has 0 fully saturated rings. The lowest BCUT2D eigenvalue weighted by molar-refractivity contribution is -0.116. The Balaban J connectivity index is 2.16. The zero-order valence-electron chi connectivity index (χ0n) is 9.78. The first kappa shape index (κ1) is 12.0. The third-order valence-corrected chi connectivity index (χ3v) is 2.37. The van der Waals surface area contributed by atoms with Crippen molar-refractivity contribution in [3.63, 3.8) is 0 Å². The third-order valence-electron chi connectivity index (χ3n) is 2.37. The van der Waals surface area contributed by atoms with E-state index < -0.39 is 0 Å². The molecule has 0 atom stereocenters. The molecule has 0 unspecified atom stereocenters. The van der Waals surface area contributed by atoms with Gasteiger partial charge < -0.3 is 21.1 Å². The van der Waals surface area contributed by atoms with Gasteiger partial charge in [-0.1, -0.05) is 0 Å². The molecule has 18 heavy (non-hydrogen) atoms. The highest BCUT2D eigenvalue weighted by molar-refractivity contribution is 5.93. The van der Waals surface area contributed by atoms with E-state index in [0.29, 0.717) is 17.9 Å². The van der Waals surface area contributed by atoms with Crippen LogP contribution in [-0.2, 0) is 9.59 Å². The van der Waals surface area contributed by atoms with Crippen LogP contribution in [0.5, 0.6) is 5.75 Å². The quantitative estimate of drug-likeness (QED) is 0.469. The van der Waals surface area contributed by atoms with Gasteiger partial charge in [-0.25, -0.2) is 0 Å². The van der Waals surface area contributed by atoms with Gasteiger partial charge >= 0.3 is 0 Å². The predicted octanol–water partition coefficient (Wildman–Crippen LogP) is 0.776. The summed E-state index contributed by atoms with van der Waals surface area (Å²) in [6.45, 7) is 1.80. The first-order valence-electron chi connectivity index (χ1n) is 5.40. The van der Waals surface area contributed by atoms with Crippen molar-refractivity contribution in [2.24, 2.45) is 0 Å². The summed E-state index contributed by atoms with van der Waals surface area (Å²) in [4.78, 5) is 21.9. The summed E-state index contributed by atoms with van der Waals surface area (Å²) in [6, 6.07) is 4.73. The van der Waals surface area contributed by atoms with Crippen LogP contribution in [0.2, 0.25) is 0 Å². The second-order valence-electron chi connectivity index (χ2n) is 3.93. The van der Waals surface area contributed by atoms with E-state index in [2.05, 4.69) is 16.0 Å². The van der Waals surface area contributed by atoms with E-state index in [1.807, 2.05) is 0 Å². The van der Waals surface area contributed by atoms with E-state index in [0.717, 1.165) is 5.70 Å². The molecular formula is C12H13N3O3. The van der Waals surface area contributed by atoms with Crippen LogP contribution in [0, 0.1) is 0 Å². The molecule has 1 aliphatic rings. The fraction of sp³-hybridized carbons (Fsp3) is 0.167. The Kier molecular flexibility index (Phi) is 3.18. The zero-order chi connectivity index (χ0) is 13.1. The summed E-state index contributed by atoms with van der Waals surface area (Å²) < 4.78 is 0. The normalized spacial score (nSPS) is 13.8. The van der Waals surface area contributed by atoms with Crippen LogP contribution in [-0.4, -0.2) is 23.5 Å². The van der Waals surface area contributed by atoms with Gasteiger partial charge in [-0.3, -0.25) is 9.59 Å². The number of rotatable bonds is 3. The van der Waals surface area contributed by atoms with E-state index >= 15 is 0 Å². The summed E-state index contributed by atoms with van der Waals surface area (Å²) >= 11 is 0. The van der Waals surface area contributed by atoms with Gasteiger partial charge in [0.1, 0.15) is 5.75 Å². The van der Waals surface area contributed by atoms with Crippen molar-refractivity contribution in [2.45, 2.75) is 6.92 Å². The van der Waals surface area contributed by atoms with Crippen LogP contribution >= 0.6 is 0 Å². The Hall–Kier alpha value is -2.50. The van der Waals surface area contributed by atoms with Crippen molar-refractivity contribution < 1.29 is 14.7 Å². The summed E-state index contributed by atoms with van der Waals surface area (Å²) in [5.41, 5.74) is 1.74. The predicted molar refractivity (Wildman–Crippen MR) is 67.1 cm³/mol. The highest BCUT2D eigenvalue weighted by Gasteiger charge is 2.11. The maximum absolute atomic E-state index is 11.0. The van der Waals surface area contributed by atoms with Gasteiger partial charge in [0.15, 0.2) is 0 Å². The molecule has 2 amide bonds. The Morgan fingerprint density at radius 3 is 2.83 bits per heavy atom.